The Hall–Kier alpha value is -3.61. The fraction of sp³-hybridized carbons (Fsp3) is 0.320. The molecule has 2 heterocycles. The van der Waals surface area contributed by atoms with Crippen LogP contribution in [0.25, 0.3) is 0 Å². The molecule has 1 aliphatic heterocycles. The van der Waals surface area contributed by atoms with Crippen molar-refractivity contribution in [2.24, 2.45) is 0 Å². The van der Waals surface area contributed by atoms with Crippen LogP contribution in [-0.4, -0.2) is 34.3 Å². The standard InChI is InChI=1S/C25H26N4O3/c1-4-32-20-11-7-17(8-12-20)24-23-21(27-25-26-15(2)28-29(24)25)13-18(14-22(23)30)16-5-9-19(31-3)10-6-16/h5-12,18,24H,4,13-14H2,1-3H3,(H,26,27,28)/t18-,24-/m0/s1. The van der Waals surface area contributed by atoms with Gasteiger partial charge in [0.2, 0.25) is 5.95 Å². The number of carbonyl (C=O) groups excluding carboxylic acids is 1. The smallest absolute Gasteiger partial charge is 0.226 e. The molecule has 32 heavy (non-hydrogen) atoms. The van der Waals surface area contributed by atoms with Crippen molar-refractivity contribution in [3.63, 3.8) is 0 Å². The van der Waals surface area contributed by atoms with Crippen LogP contribution in [0.3, 0.4) is 0 Å². The van der Waals surface area contributed by atoms with Crippen LogP contribution in [0, 0.1) is 6.92 Å². The third-order valence-electron chi connectivity index (χ3n) is 6.12. The first kappa shape index (κ1) is 20.3. The van der Waals surface area contributed by atoms with Gasteiger partial charge in [0.1, 0.15) is 23.4 Å². The number of hydrogen-bond acceptors (Lipinski definition) is 6. The van der Waals surface area contributed by atoms with E-state index in [1.165, 1.54) is 0 Å². The molecule has 1 N–H and O–H groups in total. The molecule has 2 aromatic carbocycles. The number of aromatic nitrogens is 3. The van der Waals surface area contributed by atoms with Crippen molar-refractivity contribution in [1.29, 1.82) is 0 Å². The Balaban J connectivity index is 1.54. The molecule has 0 amide bonds. The third-order valence-corrected chi connectivity index (χ3v) is 6.12. The molecule has 0 saturated carbocycles. The van der Waals surface area contributed by atoms with Crippen molar-refractivity contribution in [3.8, 4) is 11.5 Å². The highest BCUT2D eigenvalue weighted by Crippen LogP contribution is 2.44. The Morgan fingerprint density at radius 3 is 2.41 bits per heavy atom. The van der Waals surface area contributed by atoms with Crippen molar-refractivity contribution in [3.05, 3.63) is 76.8 Å². The molecule has 0 spiro atoms. The molecule has 0 saturated heterocycles. The van der Waals surface area contributed by atoms with Crippen molar-refractivity contribution in [2.75, 3.05) is 19.0 Å². The van der Waals surface area contributed by atoms with Crippen molar-refractivity contribution < 1.29 is 14.3 Å². The number of anilines is 1. The summed E-state index contributed by atoms with van der Waals surface area (Å²) in [5, 5.41) is 8.00. The molecule has 0 radical (unpaired) electrons. The summed E-state index contributed by atoms with van der Waals surface area (Å²) in [7, 11) is 1.65. The Morgan fingerprint density at radius 1 is 1.03 bits per heavy atom. The third kappa shape index (κ3) is 3.53. The van der Waals surface area contributed by atoms with E-state index in [1.54, 1.807) is 7.11 Å². The van der Waals surface area contributed by atoms with Gasteiger partial charge in [0.15, 0.2) is 5.78 Å². The lowest BCUT2D eigenvalue weighted by Crippen LogP contribution is -2.33. The van der Waals surface area contributed by atoms with Crippen LogP contribution < -0.4 is 14.8 Å². The molecule has 3 aromatic rings. The van der Waals surface area contributed by atoms with Crippen LogP contribution in [0.1, 0.15) is 48.7 Å². The Kier molecular flexibility index (Phi) is 5.17. The van der Waals surface area contributed by atoms with E-state index in [-0.39, 0.29) is 17.7 Å². The van der Waals surface area contributed by atoms with Crippen molar-refractivity contribution in [1.82, 2.24) is 14.8 Å². The van der Waals surface area contributed by atoms with Gasteiger partial charge in [-0.3, -0.25) is 4.79 Å². The number of nitrogens with zero attached hydrogens (tertiary/aromatic N) is 3. The van der Waals surface area contributed by atoms with Gasteiger partial charge >= 0.3 is 0 Å². The number of hydrogen-bond donors (Lipinski definition) is 1. The van der Waals surface area contributed by atoms with Crippen LogP contribution >= 0.6 is 0 Å². The van der Waals surface area contributed by atoms with E-state index in [0.717, 1.165) is 40.3 Å². The van der Waals surface area contributed by atoms with Gasteiger partial charge in [0.05, 0.1) is 13.7 Å². The minimum atomic E-state index is -0.303. The number of carbonyl (C=O) groups is 1. The molecule has 2 aliphatic rings. The predicted molar refractivity (Wildman–Crippen MR) is 121 cm³/mol. The van der Waals surface area contributed by atoms with Gasteiger partial charge in [-0.15, -0.1) is 0 Å². The number of benzene rings is 2. The summed E-state index contributed by atoms with van der Waals surface area (Å²) >= 11 is 0. The number of allylic oxidation sites excluding steroid dienone is 2. The minimum absolute atomic E-state index is 0.108. The maximum Gasteiger partial charge on any atom is 0.226 e. The van der Waals surface area contributed by atoms with Gasteiger partial charge in [-0.05, 0) is 61.6 Å². The summed E-state index contributed by atoms with van der Waals surface area (Å²) in [6.45, 7) is 4.44. The molecule has 7 heteroatoms. The molecular weight excluding hydrogens is 404 g/mol. The van der Waals surface area contributed by atoms with Crippen molar-refractivity contribution in [2.45, 2.75) is 38.6 Å². The molecule has 7 nitrogen and oxygen atoms in total. The number of rotatable bonds is 5. The average Bonchev–Trinajstić information content (AvgIpc) is 3.18. The molecule has 0 unspecified atom stereocenters. The van der Waals surface area contributed by atoms with E-state index in [1.807, 2.05) is 67.1 Å². The lowest BCUT2D eigenvalue weighted by atomic mass is 9.78. The summed E-state index contributed by atoms with van der Waals surface area (Å²) in [5.41, 5.74) is 3.83. The first-order chi connectivity index (χ1) is 15.6. The number of Topliss-reactive ketones (excluding diaryl/α,β-unsaturated/α-hetero) is 1. The number of aryl methyl sites for hydroxylation is 1. The minimum Gasteiger partial charge on any atom is -0.497 e. The van der Waals surface area contributed by atoms with Crippen LogP contribution in [0.4, 0.5) is 5.95 Å². The van der Waals surface area contributed by atoms with Gasteiger partial charge < -0.3 is 14.8 Å². The highest BCUT2D eigenvalue weighted by molar-refractivity contribution is 6.00. The summed E-state index contributed by atoms with van der Waals surface area (Å²) in [4.78, 5) is 18.1. The predicted octanol–water partition coefficient (Wildman–Crippen LogP) is 4.41. The largest absolute Gasteiger partial charge is 0.497 e. The maximum atomic E-state index is 13.5. The van der Waals surface area contributed by atoms with Gasteiger partial charge in [-0.1, -0.05) is 24.3 Å². The van der Waals surface area contributed by atoms with Crippen LogP contribution in [0.2, 0.25) is 0 Å². The van der Waals surface area contributed by atoms with E-state index in [4.69, 9.17) is 9.47 Å². The average molecular weight is 431 g/mol. The number of nitrogens with one attached hydrogen (secondary N) is 1. The molecule has 5 rings (SSSR count). The quantitative estimate of drug-likeness (QED) is 0.646. The van der Waals surface area contributed by atoms with E-state index in [0.29, 0.717) is 24.8 Å². The fourth-order valence-corrected chi connectivity index (χ4v) is 4.65. The maximum absolute atomic E-state index is 13.5. The summed E-state index contributed by atoms with van der Waals surface area (Å²) < 4.78 is 12.7. The topological polar surface area (TPSA) is 78.3 Å². The van der Waals surface area contributed by atoms with Crippen LogP contribution in [0.15, 0.2) is 59.8 Å². The highest BCUT2D eigenvalue weighted by Gasteiger charge is 2.39. The summed E-state index contributed by atoms with van der Waals surface area (Å²) in [6, 6.07) is 15.6. The number of ketones is 1. The summed E-state index contributed by atoms with van der Waals surface area (Å²) in [6.07, 6.45) is 1.20. The zero-order valence-corrected chi connectivity index (χ0v) is 18.5. The van der Waals surface area contributed by atoms with Gasteiger partial charge in [-0.2, -0.15) is 10.1 Å². The number of methoxy groups -OCH3 is 1. The molecule has 1 aliphatic carbocycles. The fourth-order valence-electron chi connectivity index (χ4n) is 4.65. The van der Waals surface area contributed by atoms with E-state index >= 15 is 0 Å². The Bertz CT molecular complexity index is 1180. The van der Waals surface area contributed by atoms with E-state index in [9.17, 15) is 4.79 Å². The SMILES string of the molecule is CCOc1ccc([C@H]2C3=C(C[C@H](c4ccc(OC)cc4)CC3=O)Nc3nc(C)nn32)cc1. The van der Waals surface area contributed by atoms with Crippen LogP contribution in [-0.2, 0) is 4.79 Å². The van der Waals surface area contributed by atoms with Gasteiger partial charge in [0.25, 0.3) is 0 Å². The van der Waals surface area contributed by atoms with Gasteiger partial charge in [0, 0.05) is 17.7 Å². The summed E-state index contributed by atoms with van der Waals surface area (Å²) in [5.74, 6) is 3.20. The Morgan fingerprint density at radius 2 is 1.72 bits per heavy atom. The molecule has 1 aromatic heterocycles. The number of fused-ring (bicyclic) bond motifs is 1. The Labute approximate surface area is 187 Å². The number of ether oxygens (including phenoxy) is 2. The zero-order chi connectivity index (χ0) is 22.2. The normalized spacial score (nSPS) is 19.8. The second kappa shape index (κ2) is 8.15. The second-order valence-corrected chi connectivity index (χ2v) is 8.15. The monoisotopic (exact) mass is 430 g/mol. The highest BCUT2D eigenvalue weighted by atomic mass is 16.5. The zero-order valence-electron chi connectivity index (χ0n) is 18.5. The first-order valence-corrected chi connectivity index (χ1v) is 10.9. The molecule has 0 bridgehead atoms. The van der Waals surface area contributed by atoms with Crippen molar-refractivity contribution >= 4 is 11.7 Å². The lowest BCUT2D eigenvalue weighted by Gasteiger charge is -2.35. The molecule has 164 valence electrons. The van der Waals surface area contributed by atoms with Crippen LogP contribution in [0.5, 0.6) is 11.5 Å². The molecule has 2 atom stereocenters. The lowest BCUT2D eigenvalue weighted by molar-refractivity contribution is -0.116. The second-order valence-electron chi connectivity index (χ2n) is 8.15. The van der Waals surface area contributed by atoms with E-state index in [2.05, 4.69) is 15.4 Å². The van der Waals surface area contributed by atoms with E-state index < -0.39 is 0 Å². The molecule has 0 fully saturated rings. The molecular formula is C25H26N4O3. The van der Waals surface area contributed by atoms with Gasteiger partial charge in [-0.25, -0.2) is 4.68 Å². The first-order valence-electron chi connectivity index (χ1n) is 10.9.